The molecule has 17 heavy (non-hydrogen) atoms. The van der Waals surface area contributed by atoms with Crippen molar-refractivity contribution in [2.24, 2.45) is 0 Å². The summed E-state index contributed by atoms with van der Waals surface area (Å²) in [6.45, 7) is 5.59. The quantitative estimate of drug-likeness (QED) is 0.817. The van der Waals surface area contributed by atoms with Crippen molar-refractivity contribution < 1.29 is 4.74 Å². The maximum atomic E-state index is 5.78. The predicted octanol–water partition coefficient (Wildman–Crippen LogP) is 2.02. The van der Waals surface area contributed by atoms with Crippen LogP contribution in [0.15, 0.2) is 0 Å². The van der Waals surface area contributed by atoms with Gasteiger partial charge in [-0.25, -0.2) is 0 Å². The molecule has 2 aliphatic rings. The Morgan fingerprint density at radius 1 is 1.18 bits per heavy atom. The Labute approximate surface area is 106 Å². The molecule has 0 aromatic carbocycles. The van der Waals surface area contributed by atoms with Gasteiger partial charge >= 0.3 is 0 Å². The second-order valence-electron chi connectivity index (χ2n) is 5.58. The second kappa shape index (κ2) is 6.72. The molecule has 0 saturated carbocycles. The Morgan fingerprint density at radius 2 is 2.06 bits per heavy atom. The average molecular weight is 240 g/mol. The summed E-state index contributed by atoms with van der Waals surface area (Å²) in [4.78, 5) is 2.65. The lowest BCUT2D eigenvalue weighted by Gasteiger charge is -2.39. The van der Waals surface area contributed by atoms with E-state index in [1.54, 1.807) is 0 Å². The largest absolute Gasteiger partial charge is 0.378 e. The van der Waals surface area contributed by atoms with E-state index in [0.29, 0.717) is 6.10 Å². The molecule has 0 aliphatic carbocycles. The summed E-state index contributed by atoms with van der Waals surface area (Å²) in [5.74, 6) is 0. The standard InChI is InChI=1S/C14H28N2O/c1-3-14-11-13(7-10-17-14)16(2)12-5-4-8-15-9-6-12/h12-15H,3-11H2,1-2H3. The van der Waals surface area contributed by atoms with Gasteiger partial charge in [0, 0.05) is 18.7 Å². The summed E-state index contributed by atoms with van der Waals surface area (Å²) in [7, 11) is 2.33. The fourth-order valence-corrected chi connectivity index (χ4v) is 3.22. The van der Waals surface area contributed by atoms with E-state index in [1.807, 2.05) is 0 Å². The van der Waals surface area contributed by atoms with Crippen LogP contribution >= 0.6 is 0 Å². The first-order valence-corrected chi connectivity index (χ1v) is 7.35. The third kappa shape index (κ3) is 3.67. The fraction of sp³-hybridized carbons (Fsp3) is 1.00. The molecule has 2 fully saturated rings. The van der Waals surface area contributed by atoms with E-state index in [0.717, 1.165) is 25.1 Å². The predicted molar refractivity (Wildman–Crippen MR) is 71.3 cm³/mol. The van der Waals surface area contributed by atoms with Gasteiger partial charge in [0.15, 0.2) is 0 Å². The lowest BCUT2D eigenvalue weighted by Crippen LogP contribution is -2.45. The van der Waals surface area contributed by atoms with Crippen LogP contribution in [0.4, 0.5) is 0 Å². The number of ether oxygens (including phenoxy) is 1. The Hall–Kier alpha value is -0.120. The van der Waals surface area contributed by atoms with Crippen molar-refractivity contribution in [2.75, 3.05) is 26.7 Å². The molecular formula is C14H28N2O. The van der Waals surface area contributed by atoms with Crippen LogP contribution in [0, 0.1) is 0 Å². The molecule has 2 aliphatic heterocycles. The minimum Gasteiger partial charge on any atom is -0.378 e. The lowest BCUT2D eigenvalue weighted by atomic mass is 9.97. The Kier molecular flexibility index (Phi) is 5.26. The van der Waals surface area contributed by atoms with Crippen LogP contribution in [0.1, 0.15) is 45.4 Å². The smallest absolute Gasteiger partial charge is 0.0587 e. The van der Waals surface area contributed by atoms with Gasteiger partial charge in [-0.15, -0.1) is 0 Å². The summed E-state index contributed by atoms with van der Waals surface area (Å²) in [6.07, 6.45) is 8.11. The average Bonchev–Trinajstić information content (AvgIpc) is 2.67. The molecular weight excluding hydrogens is 212 g/mol. The first kappa shape index (κ1) is 13.3. The highest BCUT2D eigenvalue weighted by atomic mass is 16.5. The van der Waals surface area contributed by atoms with Gasteiger partial charge in [-0.1, -0.05) is 6.92 Å². The molecule has 3 atom stereocenters. The summed E-state index contributed by atoms with van der Waals surface area (Å²) < 4.78 is 5.78. The number of nitrogens with one attached hydrogen (secondary N) is 1. The number of hydrogen-bond acceptors (Lipinski definition) is 3. The fourth-order valence-electron chi connectivity index (χ4n) is 3.22. The molecule has 2 heterocycles. The first-order valence-electron chi connectivity index (χ1n) is 7.35. The molecule has 3 unspecified atom stereocenters. The summed E-state index contributed by atoms with van der Waals surface area (Å²) >= 11 is 0. The third-order valence-corrected chi connectivity index (χ3v) is 4.49. The number of nitrogens with zero attached hydrogens (tertiary/aromatic N) is 1. The van der Waals surface area contributed by atoms with E-state index in [2.05, 4.69) is 24.2 Å². The Morgan fingerprint density at radius 3 is 2.88 bits per heavy atom. The third-order valence-electron chi connectivity index (χ3n) is 4.49. The minimum absolute atomic E-state index is 0.500. The molecule has 0 aromatic heterocycles. The zero-order chi connectivity index (χ0) is 12.1. The maximum absolute atomic E-state index is 5.78. The minimum atomic E-state index is 0.500. The maximum Gasteiger partial charge on any atom is 0.0587 e. The highest BCUT2D eigenvalue weighted by molar-refractivity contribution is 4.83. The van der Waals surface area contributed by atoms with E-state index in [1.165, 1.54) is 45.2 Å². The molecule has 100 valence electrons. The van der Waals surface area contributed by atoms with E-state index in [9.17, 15) is 0 Å². The van der Waals surface area contributed by atoms with Crippen LogP contribution in [0.2, 0.25) is 0 Å². The number of hydrogen-bond donors (Lipinski definition) is 1. The van der Waals surface area contributed by atoms with Crippen molar-refractivity contribution >= 4 is 0 Å². The molecule has 2 saturated heterocycles. The van der Waals surface area contributed by atoms with Crippen molar-refractivity contribution in [1.82, 2.24) is 10.2 Å². The molecule has 0 bridgehead atoms. The van der Waals surface area contributed by atoms with Crippen LogP contribution in [-0.4, -0.2) is 49.8 Å². The van der Waals surface area contributed by atoms with Gasteiger partial charge in [0.05, 0.1) is 6.10 Å². The van der Waals surface area contributed by atoms with Crippen molar-refractivity contribution in [2.45, 2.75) is 63.6 Å². The highest BCUT2D eigenvalue weighted by Crippen LogP contribution is 2.24. The normalized spacial score (nSPS) is 35.8. The molecule has 0 aromatic rings. The molecule has 0 radical (unpaired) electrons. The topological polar surface area (TPSA) is 24.5 Å². The van der Waals surface area contributed by atoms with Crippen LogP contribution in [0.5, 0.6) is 0 Å². The van der Waals surface area contributed by atoms with Gasteiger partial charge < -0.3 is 15.0 Å². The van der Waals surface area contributed by atoms with Gasteiger partial charge in [0.1, 0.15) is 0 Å². The van der Waals surface area contributed by atoms with E-state index < -0.39 is 0 Å². The highest BCUT2D eigenvalue weighted by Gasteiger charge is 2.28. The van der Waals surface area contributed by atoms with Crippen molar-refractivity contribution in [3.05, 3.63) is 0 Å². The molecule has 1 N–H and O–H groups in total. The molecule has 0 amide bonds. The monoisotopic (exact) mass is 240 g/mol. The molecule has 0 spiro atoms. The van der Waals surface area contributed by atoms with Crippen molar-refractivity contribution in [3.63, 3.8) is 0 Å². The van der Waals surface area contributed by atoms with Crippen LogP contribution in [0.3, 0.4) is 0 Å². The van der Waals surface area contributed by atoms with Crippen molar-refractivity contribution in [1.29, 1.82) is 0 Å². The SMILES string of the molecule is CCC1CC(N(C)C2CCCNCC2)CCO1. The van der Waals surface area contributed by atoms with Gasteiger partial charge in [0.2, 0.25) is 0 Å². The second-order valence-corrected chi connectivity index (χ2v) is 5.58. The van der Waals surface area contributed by atoms with Crippen LogP contribution < -0.4 is 5.32 Å². The summed E-state index contributed by atoms with van der Waals surface area (Å²) in [5, 5.41) is 3.50. The van der Waals surface area contributed by atoms with Crippen molar-refractivity contribution in [3.8, 4) is 0 Å². The first-order chi connectivity index (χ1) is 8.31. The zero-order valence-corrected chi connectivity index (χ0v) is 11.5. The number of rotatable bonds is 3. The summed E-state index contributed by atoms with van der Waals surface area (Å²) in [5.41, 5.74) is 0. The Balaban J connectivity index is 1.86. The lowest BCUT2D eigenvalue weighted by molar-refractivity contribution is -0.0322. The molecule has 3 heteroatoms. The summed E-state index contributed by atoms with van der Waals surface area (Å²) in [6, 6.07) is 1.53. The van der Waals surface area contributed by atoms with Crippen LogP contribution in [0.25, 0.3) is 0 Å². The van der Waals surface area contributed by atoms with Gasteiger partial charge in [0.25, 0.3) is 0 Å². The van der Waals surface area contributed by atoms with Gasteiger partial charge in [-0.3, -0.25) is 0 Å². The van der Waals surface area contributed by atoms with Gasteiger partial charge in [-0.05, 0) is 58.7 Å². The Bertz CT molecular complexity index is 214. The zero-order valence-electron chi connectivity index (χ0n) is 11.5. The van der Waals surface area contributed by atoms with E-state index in [-0.39, 0.29) is 0 Å². The van der Waals surface area contributed by atoms with E-state index >= 15 is 0 Å². The molecule has 2 rings (SSSR count). The van der Waals surface area contributed by atoms with E-state index in [4.69, 9.17) is 4.74 Å². The van der Waals surface area contributed by atoms with Crippen LogP contribution in [-0.2, 0) is 4.74 Å². The van der Waals surface area contributed by atoms with Gasteiger partial charge in [-0.2, -0.15) is 0 Å². The molecule has 3 nitrogen and oxygen atoms in total.